The predicted octanol–water partition coefficient (Wildman–Crippen LogP) is 3.54. The van der Waals surface area contributed by atoms with E-state index >= 15 is 0 Å². The molecular weight excluding hydrogens is 432 g/mol. The Morgan fingerprint density at radius 3 is 2.35 bits per heavy atom. The van der Waals surface area contributed by atoms with Gasteiger partial charge in [-0.25, -0.2) is 0 Å². The van der Waals surface area contributed by atoms with Crippen LogP contribution >= 0.6 is 0 Å². The number of aliphatic hydroxyl groups is 1. The summed E-state index contributed by atoms with van der Waals surface area (Å²) in [6, 6.07) is 14.1. The van der Waals surface area contributed by atoms with E-state index in [1.54, 1.807) is 29.2 Å². The topological polar surface area (TPSA) is 79.3 Å². The van der Waals surface area contributed by atoms with Crippen LogP contribution in [-0.4, -0.2) is 72.6 Å². The van der Waals surface area contributed by atoms with Crippen molar-refractivity contribution in [3.8, 4) is 5.75 Å². The van der Waals surface area contributed by atoms with E-state index < -0.39 is 17.7 Å². The number of likely N-dealkylation sites (tertiary alicyclic amines) is 1. The molecular formula is C27H32N2O5. The van der Waals surface area contributed by atoms with Gasteiger partial charge < -0.3 is 19.5 Å². The number of ether oxygens (including phenoxy) is 2. The standard InChI is InChI=1S/C27H32N2O5/c1-3-16-34-22-10-8-21(9-11-22)25(30)23-24(20-6-4-19(2)5-7-20)29(27(32)26(23)31)13-12-28-14-17-33-18-15-28/h4-11,24,30H,3,12-18H2,1-2H3/t24-/m1/s1. The molecule has 2 fully saturated rings. The molecule has 2 aliphatic heterocycles. The summed E-state index contributed by atoms with van der Waals surface area (Å²) >= 11 is 0. The zero-order chi connectivity index (χ0) is 24.1. The first kappa shape index (κ1) is 24.0. The minimum Gasteiger partial charge on any atom is -0.507 e. The van der Waals surface area contributed by atoms with Crippen molar-refractivity contribution in [3.05, 3.63) is 70.8 Å². The van der Waals surface area contributed by atoms with Gasteiger partial charge in [-0.05, 0) is 43.2 Å². The Labute approximate surface area is 200 Å². The summed E-state index contributed by atoms with van der Waals surface area (Å²) in [5.41, 5.74) is 2.48. The van der Waals surface area contributed by atoms with Gasteiger partial charge in [0, 0.05) is 31.7 Å². The van der Waals surface area contributed by atoms with Crippen LogP contribution in [0.2, 0.25) is 0 Å². The Morgan fingerprint density at radius 1 is 1.03 bits per heavy atom. The van der Waals surface area contributed by atoms with Gasteiger partial charge in [0.2, 0.25) is 0 Å². The average Bonchev–Trinajstić information content (AvgIpc) is 3.12. The first-order valence-electron chi connectivity index (χ1n) is 11.9. The maximum absolute atomic E-state index is 13.2. The molecule has 0 radical (unpaired) electrons. The molecule has 180 valence electrons. The fourth-order valence-corrected chi connectivity index (χ4v) is 4.36. The first-order valence-corrected chi connectivity index (χ1v) is 11.9. The third-order valence-corrected chi connectivity index (χ3v) is 6.29. The van der Waals surface area contributed by atoms with E-state index in [1.165, 1.54) is 0 Å². The lowest BCUT2D eigenvalue weighted by Crippen LogP contribution is -2.42. The summed E-state index contributed by atoms with van der Waals surface area (Å²) in [6.45, 7) is 8.58. The normalized spacial score (nSPS) is 20.6. The second-order valence-corrected chi connectivity index (χ2v) is 8.73. The quantitative estimate of drug-likeness (QED) is 0.366. The molecule has 1 amide bonds. The van der Waals surface area contributed by atoms with E-state index in [2.05, 4.69) is 4.90 Å². The number of nitrogens with zero attached hydrogens (tertiary/aromatic N) is 2. The lowest BCUT2D eigenvalue weighted by molar-refractivity contribution is -0.140. The fraction of sp³-hybridized carbons (Fsp3) is 0.407. The molecule has 2 heterocycles. The van der Waals surface area contributed by atoms with Crippen LogP contribution in [0, 0.1) is 6.92 Å². The van der Waals surface area contributed by atoms with Gasteiger partial charge in [0.05, 0.1) is 31.4 Å². The van der Waals surface area contributed by atoms with Crippen LogP contribution in [0.25, 0.3) is 5.76 Å². The monoisotopic (exact) mass is 464 g/mol. The Kier molecular flexibility index (Phi) is 7.65. The van der Waals surface area contributed by atoms with Gasteiger partial charge in [-0.1, -0.05) is 36.8 Å². The summed E-state index contributed by atoms with van der Waals surface area (Å²) in [4.78, 5) is 30.1. The average molecular weight is 465 g/mol. The van der Waals surface area contributed by atoms with Crippen LogP contribution in [0.3, 0.4) is 0 Å². The van der Waals surface area contributed by atoms with Crippen molar-refractivity contribution in [1.82, 2.24) is 9.80 Å². The SMILES string of the molecule is CCCOc1ccc(C(O)=C2C(=O)C(=O)N(CCN3CCOCC3)[C@@H]2c2ccc(C)cc2)cc1. The van der Waals surface area contributed by atoms with E-state index in [1.807, 2.05) is 38.1 Å². The highest BCUT2D eigenvalue weighted by atomic mass is 16.5. The molecule has 0 saturated carbocycles. The van der Waals surface area contributed by atoms with Crippen LogP contribution in [0.15, 0.2) is 54.1 Å². The largest absolute Gasteiger partial charge is 0.507 e. The molecule has 0 aliphatic carbocycles. The van der Waals surface area contributed by atoms with Crippen LogP contribution in [-0.2, 0) is 14.3 Å². The molecule has 7 heteroatoms. The van der Waals surface area contributed by atoms with Crippen molar-refractivity contribution >= 4 is 17.4 Å². The van der Waals surface area contributed by atoms with Gasteiger partial charge in [0.15, 0.2) is 0 Å². The molecule has 2 aromatic rings. The van der Waals surface area contributed by atoms with Crippen molar-refractivity contribution in [3.63, 3.8) is 0 Å². The van der Waals surface area contributed by atoms with Crippen LogP contribution < -0.4 is 4.74 Å². The molecule has 2 aliphatic rings. The molecule has 1 atom stereocenters. The smallest absolute Gasteiger partial charge is 0.295 e. The molecule has 0 aromatic heterocycles. The van der Waals surface area contributed by atoms with E-state index in [9.17, 15) is 14.7 Å². The Hall–Kier alpha value is -3.16. The van der Waals surface area contributed by atoms with E-state index in [4.69, 9.17) is 9.47 Å². The maximum atomic E-state index is 13.2. The molecule has 0 unspecified atom stereocenters. The summed E-state index contributed by atoms with van der Waals surface area (Å²) in [7, 11) is 0. The molecule has 7 nitrogen and oxygen atoms in total. The highest BCUT2D eigenvalue weighted by Gasteiger charge is 2.46. The number of morpholine rings is 1. The molecule has 1 N–H and O–H groups in total. The molecule has 2 saturated heterocycles. The summed E-state index contributed by atoms with van der Waals surface area (Å²) < 4.78 is 11.0. The Morgan fingerprint density at radius 2 is 1.71 bits per heavy atom. The van der Waals surface area contributed by atoms with Crippen molar-refractivity contribution in [1.29, 1.82) is 0 Å². The number of benzene rings is 2. The number of hydrogen-bond donors (Lipinski definition) is 1. The van der Waals surface area contributed by atoms with Gasteiger partial charge in [-0.2, -0.15) is 0 Å². The number of Topliss-reactive ketones (excluding diaryl/α,β-unsaturated/α-hetero) is 1. The minimum absolute atomic E-state index is 0.123. The Balaban J connectivity index is 1.67. The summed E-state index contributed by atoms with van der Waals surface area (Å²) in [5.74, 6) is -0.709. The lowest BCUT2D eigenvalue weighted by Gasteiger charge is -2.31. The van der Waals surface area contributed by atoms with Crippen molar-refractivity contribution in [2.24, 2.45) is 0 Å². The molecule has 4 rings (SSSR count). The zero-order valence-electron chi connectivity index (χ0n) is 19.8. The van der Waals surface area contributed by atoms with E-state index in [0.717, 1.165) is 30.6 Å². The van der Waals surface area contributed by atoms with E-state index in [0.29, 0.717) is 44.2 Å². The highest BCUT2D eigenvalue weighted by Crippen LogP contribution is 2.39. The van der Waals surface area contributed by atoms with Crippen LogP contribution in [0.1, 0.15) is 36.1 Å². The highest BCUT2D eigenvalue weighted by molar-refractivity contribution is 6.46. The van der Waals surface area contributed by atoms with Crippen molar-refractivity contribution < 1.29 is 24.2 Å². The molecule has 0 spiro atoms. The minimum atomic E-state index is -0.656. The summed E-state index contributed by atoms with van der Waals surface area (Å²) in [5, 5.41) is 11.2. The number of aryl methyl sites for hydroxylation is 1. The van der Waals surface area contributed by atoms with Gasteiger partial charge in [-0.15, -0.1) is 0 Å². The number of carbonyl (C=O) groups excluding carboxylic acids is 2. The number of ketones is 1. The molecule has 0 bridgehead atoms. The Bertz CT molecular complexity index is 1040. The maximum Gasteiger partial charge on any atom is 0.295 e. The third-order valence-electron chi connectivity index (χ3n) is 6.29. The number of rotatable bonds is 8. The summed E-state index contributed by atoms with van der Waals surface area (Å²) in [6.07, 6.45) is 0.895. The lowest BCUT2D eigenvalue weighted by atomic mass is 9.94. The zero-order valence-corrected chi connectivity index (χ0v) is 19.8. The third kappa shape index (κ3) is 5.16. The predicted molar refractivity (Wildman–Crippen MR) is 130 cm³/mol. The van der Waals surface area contributed by atoms with Crippen molar-refractivity contribution in [2.75, 3.05) is 46.0 Å². The van der Waals surface area contributed by atoms with Crippen molar-refractivity contribution in [2.45, 2.75) is 26.3 Å². The number of aliphatic hydroxyl groups excluding tert-OH is 1. The first-order chi connectivity index (χ1) is 16.5. The van der Waals surface area contributed by atoms with Gasteiger partial charge in [-0.3, -0.25) is 14.5 Å². The second-order valence-electron chi connectivity index (χ2n) is 8.73. The van der Waals surface area contributed by atoms with E-state index in [-0.39, 0.29) is 11.3 Å². The van der Waals surface area contributed by atoms with Gasteiger partial charge >= 0.3 is 0 Å². The van der Waals surface area contributed by atoms with Crippen LogP contribution in [0.5, 0.6) is 5.75 Å². The van der Waals surface area contributed by atoms with Crippen LogP contribution in [0.4, 0.5) is 0 Å². The fourth-order valence-electron chi connectivity index (χ4n) is 4.36. The molecule has 2 aromatic carbocycles. The second kappa shape index (κ2) is 10.8. The van der Waals surface area contributed by atoms with Gasteiger partial charge in [0.1, 0.15) is 11.5 Å². The number of carbonyl (C=O) groups is 2. The van der Waals surface area contributed by atoms with Gasteiger partial charge in [0.25, 0.3) is 11.7 Å². The number of hydrogen-bond acceptors (Lipinski definition) is 6. The number of amides is 1. The molecule has 34 heavy (non-hydrogen) atoms.